The molecule has 2 aliphatic rings. The molecule has 3 heterocycles. The number of nitrogens with zero attached hydrogens (tertiary/aromatic N) is 2. The summed E-state index contributed by atoms with van der Waals surface area (Å²) in [6.07, 6.45) is 0. The zero-order chi connectivity index (χ0) is 20.8. The van der Waals surface area contributed by atoms with Crippen LogP contribution in [0.25, 0.3) is 10.4 Å². The first-order valence-corrected chi connectivity index (χ1v) is 12.4. The molecule has 0 radical (unpaired) electrons. The Labute approximate surface area is 190 Å². The average Bonchev–Trinajstić information content (AvgIpc) is 3.17. The number of thioether (sulfide) groups is 1. The molecule has 0 spiro atoms. The number of benzene rings is 2. The molecule has 3 aromatic rings. The average molecular weight is 455 g/mol. The highest BCUT2D eigenvalue weighted by Crippen LogP contribution is 2.46. The first kappa shape index (κ1) is 20.0. The van der Waals surface area contributed by atoms with Crippen LogP contribution in [0.15, 0.2) is 53.4 Å². The van der Waals surface area contributed by atoms with Crippen molar-refractivity contribution in [1.29, 1.82) is 0 Å². The van der Waals surface area contributed by atoms with Crippen molar-refractivity contribution in [2.75, 3.05) is 24.5 Å². The summed E-state index contributed by atoms with van der Waals surface area (Å²) in [6, 6.07) is 17.0. The van der Waals surface area contributed by atoms with Gasteiger partial charge < -0.3 is 9.80 Å². The number of aryl methyl sites for hydroxylation is 1. The van der Waals surface area contributed by atoms with Gasteiger partial charge in [-0.3, -0.25) is 4.79 Å². The number of fused-ring (bicyclic) bond motifs is 3. The van der Waals surface area contributed by atoms with E-state index in [0.29, 0.717) is 0 Å². The first-order valence-electron chi connectivity index (χ1n) is 10.2. The first-order chi connectivity index (χ1) is 14.5. The number of amides is 1. The fourth-order valence-corrected chi connectivity index (χ4v) is 6.97. The molecule has 1 amide bonds. The summed E-state index contributed by atoms with van der Waals surface area (Å²) in [5.41, 5.74) is 4.97. The molecular weight excluding hydrogens is 432 g/mol. The van der Waals surface area contributed by atoms with E-state index < -0.39 is 0 Å². The molecule has 0 aliphatic carbocycles. The van der Waals surface area contributed by atoms with Crippen molar-refractivity contribution in [3.63, 3.8) is 0 Å². The number of piperazine rings is 1. The maximum Gasteiger partial charge on any atom is 0.264 e. The normalized spacial score (nSPS) is 18.2. The van der Waals surface area contributed by atoms with E-state index in [2.05, 4.69) is 55.1 Å². The monoisotopic (exact) mass is 454 g/mol. The van der Waals surface area contributed by atoms with Gasteiger partial charge in [0.15, 0.2) is 0 Å². The van der Waals surface area contributed by atoms with E-state index in [1.54, 1.807) is 23.1 Å². The summed E-state index contributed by atoms with van der Waals surface area (Å²) in [5, 5.41) is 0.762. The lowest BCUT2D eigenvalue weighted by molar-refractivity contribution is 0.0731. The van der Waals surface area contributed by atoms with Crippen LogP contribution >= 0.6 is 34.7 Å². The van der Waals surface area contributed by atoms with Crippen LogP contribution in [0.1, 0.15) is 27.7 Å². The number of rotatable bonds is 2. The predicted octanol–water partition coefficient (Wildman–Crippen LogP) is 6.33. The number of hydrogen-bond acceptors (Lipinski definition) is 4. The summed E-state index contributed by atoms with van der Waals surface area (Å²) >= 11 is 9.59. The smallest absolute Gasteiger partial charge is 0.264 e. The number of halogens is 1. The molecule has 3 nitrogen and oxygen atoms in total. The molecule has 0 saturated carbocycles. The Morgan fingerprint density at radius 3 is 2.80 bits per heavy atom. The topological polar surface area (TPSA) is 23.6 Å². The van der Waals surface area contributed by atoms with Gasteiger partial charge in [0, 0.05) is 57.5 Å². The number of carbonyl (C=O) groups excluding carboxylic acids is 1. The maximum absolute atomic E-state index is 13.3. The zero-order valence-electron chi connectivity index (χ0n) is 17.0. The van der Waals surface area contributed by atoms with Gasteiger partial charge in [-0.2, -0.15) is 0 Å². The van der Waals surface area contributed by atoms with Crippen LogP contribution in [0.2, 0.25) is 5.02 Å². The summed E-state index contributed by atoms with van der Waals surface area (Å²) in [7, 11) is 0. The second kappa shape index (κ2) is 7.95. The Morgan fingerprint density at radius 1 is 1.13 bits per heavy atom. The Bertz CT molecular complexity index is 1130. The minimum absolute atomic E-state index is 0.158. The highest BCUT2D eigenvalue weighted by atomic mass is 35.5. The lowest BCUT2D eigenvalue weighted by Crippen LogP contribution is -2.53. The second-order valence-corrected chi connectivity index (χ2v) is 10.5. The van der Waals surface area contributed by atoms with E-state index in [-0.39, 0.29) is 11.9 Å². The second-order valence-electron chi connectivity index (χ2n) is 8.03. The van der Waals surface area contributed by atoms with Crippen molar-refractivity contribution in [2.45, 2.75) is 30.5 Å². The molecule has 1 saturated heterocycles. The number of carbonyl (C=O) groups is 1. The molecule has 1 atom stereocenters. The van der Waals surface area contributed by atoms with Gasteiger partial charge in [0.25, 0.3) is 5.91 Å². The largest absolute Gasteiger partial charge is 0.365 e. The minimum atomic E-state index is 0.158. The quantitative estimate of drug-likeness (QED) is 0.451. The molecule has 1 aromatic heterocycles. The van der Waals surface area contributed by atoms with Crippen LogP contribution in [0, 0.1) is 6.92 Å². The molecular formula is C24H23ClN2OS2. The van der Waals surface area contributed by atoms with Crippen molar-refractivity contribution in [1.82, 2.24) is 4.90 Å². The van der Waals surface area contributed by atoms with Crippen molar-refractivity contribution in [3.8, 4) is 10.4 Å². The highest BCUT2D eigenvalue weighted by molar-refractivity contribution is 7.98. The zero-order valence-corrected chi connectivity index (χ0v) is 19.4. The van der Waals surface area contributed by atoms with E-state index in [9.17, 15) is 4.79 Å². The van der Waals surface area contributed by atoms with Gasteiger partial charge in [-0.15, -0.1) is 23.1 Å². The van der Waals surface area contributed by atoms with Crippen LogP contribution < -0.4 is 4.90 Å². The van der Waals surface area contributed by atoms with Crippen LogP contribution in [0.4, 0.5) is 5.69 Å². The van der Waals surface area contributed by atoms with Gasteiger partial charge in [0.2, 0.25) is 0 Å². The molecule has 1 fully saturated rings. The van der Waals surface area contributed by atoms with E-state index in [1.165, 1.54) is 32.2 Å². The van der Waals surface area contributed by atoms with Crippen molar-refractivity contribution in [2.24, 2.45) is 0 Å². The van der Waals surface area contributed by atoms with Gasteiger partial charge in [0.1, 0.15) is 0 Å². The molecule has 2 aliphatic heterocycles. The minimum Gasteiger partial charge on any atom is -0.365 e. The van der Waals surface area contributed by atoms with Crippen molar-refractivity contribution < 1.29 is 4.79 Å². The van der Waals surface area contributed by atoms with E-state index in [0.717, 1.165) is 35.3 Å². The van der Waals surface area contributed by atoms with E-state index in [1.807, 2.05) is 17.0 Å². The van der Waals surface area contributed by atoms with Gasteiger partial charge in [0.05, 0.1) is 4.88 Å². The van der Waals surface area contributed by atoms with Crippen molar-refractivity contribution in [3.05, 3.63) is 69.6 Å². The molecule has 6 heteroatoms. The van der Waals surface area contributed by atoms with Crippen LogP contribution in [0.5, 0.6) is 0 Å². The van der Waals surface area contributed by atoms with Gasteiger partial charge in [-0.05, 0) is 55.3 Å². The molecule has 154 valence electrons. The van der Waals surface area contributed by atoms with Crippen LogP contribution in [-0.2, 0) is 5.75 Å². The molecule has 5 rings (SSSR count). The third-order valence-corrected chi connectivity index (χ3v) is 8.38. The van der Waals surface area contributed by atoms with E-state index >= 15 is 0 Å². The number of thiophene rings is 1. The summed E-state index contributed by atoms with van der Waals surface area (Å²) in [6.45, 7) is 6.68. The van der Waals surface area contributed by atoms with Crippen LogP contribution in [-0.4, -0.2) is 36.5 Å². The van der Waals surface area contributed by atoms with Gasteiger partial charge in [-0.1, -0.05) is 29.8 Å². The van der Waals surface area contributed by atoms with Gasteiger partial charge in [-0.25, -0.2) is 0 Å². The third kappa shape index (κ3) is 3.64. The van der Waals surface area contributed by atoms with Crippen LogP contribution in [0.3, 0.4) is 0 Å². The predicted molar refractivity (Wildman–Crippen MR) is 128 cm³/mol. The highest BCUT2D eigenvalue weighted by Gasteiger charge is 2.30. The maximum atomic E-state index is 13.3. The molecule has 0 N–H and O–H groups in total. The molecule has 0 unspecified atom stereocenters. The Morgan fingerprint density at radius 2 is 2.00 bits per heavy atom. The summed E-state index contributed by atoms with van der Waals surface area (Å²) in [5.74, 6) is 1.05. The standard InChI is InChI=1S/C24H23ClN2OS2/c1-15-4-3-5-19(10-15)27-9-8-26(13-16(27)2)24(28)22-11-17-14-29-21-12-18(25)6-7-20(21)23(17)30-22/h3-7,10-12,16H,8-9,13-14H2,1-2H3/t16-/m0/s1. The Hall–Kier alpha value is -1.95. The fraction of sp³-hybridized carbons (Fsp3) is 0.292. The Kier molecular flexibility index (Phi) is 5.30. The van der Waals surface area contributed by atoms with Crippen molar-refractivity contribution >= 4 is 46.3 Å². The third-order valence-electron chi connectivity index (χ3n) is 5.84. The lowest BCUT2D eigenvalue weighted by atomic mass is 10.1. The molecule has 2 aromatic carbocycles. The number of anilines is 1. The SMILES string of the molecule is Cc1cccc(N2CCN(C(=O)c3cc4c(s3)-c3ccc(Cl)cc3SC4)C[C@@H]2C)c1. The Balaban J connectivity index is 1.35. The molecule has 0 bridgehead atoms. The fourth-order valence-electron chi connectivity index (χ4n) is 4.32. The van der Waals surface area contributed by atoms with E-state index in [4.69, 9.17) is 11.6 Å². The van der Waals surface area contributed by atoms with Gasteiger partial charge >= 0.3 is 0 Å². The lowest BCUT2D eigenvalue weighted by Gasteiger charge is -2.41. The summed E-state index contributed by atoms with van der Waals surface area (Å²) in [4.78, 5) is 21.0. The summed E-state index contributed by atoms with van der Waals surface area (Å²) < 4.78 is 0. The number of hydrogen-bond donors (Lipinski definition) is 0. The molecule has 30 heavy (non-hydrogen) atoms.